The van der Waals surface area contributed by atoms with Crippen LogP contribution in [0.15, 0.2) is 0 Å². The number of aromatic nitrogens is 3. The first-order valence-corrected chi connectivity index (χ1v) is 6.10. The van der Waals surface area contributed by atoms with Gasteiger partial charge in [-0.15, -0.1) is 10.2 Å². The molecule has 2 heterocycles. The highest BCUT2D eigenvalue weighted by Gasteiger charge is 2.41. The molecule has 5 heteroatoms. The monoisotopic (exact) mass is 222 g/mol. The van der Waals surface area contributed by atoms with Crippen LogP contribution in [0.25, 0.3) is 0 Å². The summed E-state index contributed by atoms with van der Waals surface area (Å²) in [5, 5.41) is 21.1. The molecule has 2 N–H and O–H groups in total. The average molecular weight is 222 g/mol. The van der Waals surface area contributed by atoms with Crippen molar-refractivity contribution in [2.75, 3.05) is 6.61 Å². The Morgan fingerprint density at radius 3 is 2.94 bits per heavy atom. The van der Waals surface area contributed by atoms with Crippen LogP contribution in [-0.4, -0.2) is 32.0 Å². The number of hydrogen-bond donors (Lipinski definition) is 2. The molecule has 0 amide bonds. The standard InChI is InChI=1S/C11H18N4O/c16-8-11(4-5-11)12-7-10-14-13-9-3-1-2-6-15(9)10/h12,16H,1-8H2. The van der Waals surface area contributed by atoms with Crippen LogP contribution in [0.5, 0.6) is 0 Å². The molecule has 1 aromatic heterocycles. The van der Waals surface area contributed by atoms with Crippen molar-refractivity contribution in [1.82, 2.24) is 20.1 Å². The fourth-order valence-corrected chi connectivity index (χ4v) is 2.31. The number of rotatable bonds is 4. The van der Waals surface area contributed by atoms with Crippen LogP contribution in [0, 0.1) is 0 Å². The second-order valence-corrected chi connectivity index (χ2v) is 4.93. The van der Waals surface area contributed by atoms with E-state index in [1.807, 2.05) is 0 Å². The number of aryl methyl sites for hydroxylation is 1. The maximum absolute atomic E-state index is 9.22. The van der Waals surface area contributed by atoms with Gasteiger partial charge in [0.05, 0.1) is 13.2 Å². The highest BCUT2D eigenvalue weighted by atomic mass is 16.3. The van der Waals surface area contributed by atoms with Crippen molar-refractivity contribution in [1.29, 1.82) is 0 Å². The fourth-order valence-electron chi connectivity index (χ4n) is 2.31. The van der Waals surface area contributed by atoms with Crippen LogP contribution in [0.2, 0.25) is 0 Å². The van der Waals surface area contributed by atoms with Crippen LogP contribution in [0.1, 0.15) is 37.3 Å². The van der Waals surface area contributed by atoms with Crippen LogP contribution in [-0.2, 0) is 19.5 Å². The molecule has 0 unspecified atom stereocenters. The zero-order valence-corrected chi connectivity index (χ0v) is 9.45. The summed E-state index contributed by atoms with van der Waals surface area (Å²) in [4.78, 5) is 0. The van der Waals surface area contributed by atoms with E-state index < -0.39 is 0 Å². The fraction of sp³-hybridized carbons (Fsp3) is 0.818. The number of fused-ring (bicyclic) bond motifs is 1. The summed E-state index contributed by atoms with van der Waals surface area (Å²) in [6.07, 6.45) is 5.66. The molecule has 5 nitrogen and oxygen atoms in total. The van der Waals surface area contributed by atoms with E-state index in [4.69, 9.17) is 0 Å². The SMILES string of the molecule is OCC1(NCc2nnc3n2CCCC3)CC1. The smallest absolute Gasteiger partial charge is 0.147 e. The minimum absolute atomic E-state index is 0.0128. The summed E-state index contributed by atoms with van der Waals surface area (Å²) in [6, 6.07) is 0. The molecule has 2 aliphatic rings. The lowest BCUT2D eigenvalue weighted by molar-refractivity contribution is 0.228. The number of nitrogens with zero attached hydrogens (tertiary/aromatic N) is 3. The molecule has 0 atom stereocenters. The maximum atomic E-state index is 9.22. The first kappa shape index (κ1) is 10.2. The molecule has 0 radical (unpaired) electrons. The van der Waals surface area contributed by atoms with Gasteiger partial charge in [-0.2, -0.15) is 0 Å². The van der Waals surface area contributed by atoms with Crippen molar-refractivity contribution in [3.8, 4) is 0 Å². The molecule has 1 aliphatic heterocycles. The Bertz CT molecular complexity index is 383. The largest absolute Gasteiger partial charge is 0.394 e. The van der Waals surface area contributed by atoms with Gasteiger partial charge < -0.3 is 15.0 Å². The van der Waals surface area contributed by atoms with Crippen molar-refractivity contribution in [2.24, 2.45) is 0 Å². The van der Waals surface area contributed by atoms with E-state index in [0.717, 1.165) is 44.0 Å². The van der Waals surface area contributed by atoms with E-state index in [2.05, 4.69) is 20.1 Å². The molecule has 3 rings (SSSR count). The van der Waals surface area contributed by atoms with Gasteiger partial charge in [-0.1, -0.05) is 0 Å². The van der Waals surface area contributed by atoms with E-state index in [0.29, 0.717) is 0 Å². The Kier molecular flexibility index (Phi) is 2.44. The van der Waals surface area contributed by atoms with Gasteiger partial charge in [0.15, 0.2) is 0 Å². The van der Waals surface area contributed by atoms with Crippen LogP contribution in [0.3, 0.4) is 0 Å². The molecule has 16 heavy (non-hydrogen) atoms. The highest BCUT2D eigenvalue weighted by molar-refractivity contribution is 5.04. The van der Waals surface area contributed by atoms with E-state index in [-0.39, 0.29) is 12.1 Å². The van der Waals surface area contributed by atoms with Crippen molar-refractivity contribution in [3.05, 3.63) is 11.6 Å². The molecular formula is C11H18N4O. The third-order valence-electron chi connectivity index (χ3n) is 3.71. The lowest BCUT2D eigenvalue weighted by atomic mass is 10.1. The minimum Gasteiger partial charge on any atom is -0.394 e. The van der Waals surface area contributed by atoms with E-state index >= 15 is 0 Å². The molecule has 1 aromatic rings. The van der Waals surface area contributed by atoms with Crippen molar-refractivity contribution in [3.63, 3.8) is 0 Å². The van der Waals surface area contributed by atoms with Gasteiger partial charge in [0.2, 0.25) is 0 Å². The second-order valence-electron chi connectivity index (χ2n) is 4.93. The predicted octanol–water partition coefficient (Wildman–Crippen LogP) is 0.229. The van der Waals surface area contributed by atoms with Crippen molar-refractivity contribution >= 4 is 0 Å². The molecule has 0 bridgehead atoms. The average Bonchev–Trinajstić information content (AvgIpc) is 3.01. The normalized spacial score (nSPS) is 21.8. The Morgan fingerprint density at radius 1 is 1.31 bits per heavy atom. The van der Waals surface area contributed by atoms with Gasteiger partial charge in [0.1, 0.15) is 11.6 Å². The number of nitrogens with one attached hydrogen (secondary N) is 1. The van der Waals surface area contributed by atoms with Crippen LogP contribution in [0.4, 0.5) is 0 Å². The van der Waals surface area contributed by atoms with Gasteiger partial charge in [0, 0.05) is 18.5 Å². The molecule has 1 fully saturated rings. The summed E-state index contributed by atoms with van der Waals surface area (Å²) >= 11 is 0. The zero-order chi connectivity index (χ0) is 11.0. The molecule has 1 aliphatic carbocycles. The molecule has 88 valence electrons. The van der Waals surface area contributed by atoms with Gasteiger partial charge in [-0.3, -0.25) is 0 Å². The first-order chi connectivity index (χ1) is 7.83. The first-order valence-electron chi connectivity index (χ1n) is 6.10. The summed E-state index contributed by atoms with van der Waals surface area (Å²) < 4.78 is 2.23. The Balaban J connectivity index is 1.68. The summed E-state index contributed by atoms with van der Waals surface area (Å²) in [7, 11) is 0. The summed E-state index contributed by atoms with van der Waals surface area (Å²) in [6.45, 7) is 2.01. The van der Waals surface area contributed by atoms with E-state index in [9.17, 15) is 5.11 Å². The quantitative estimate of drug-likeness (QED) is 0.765. The maximum Gasteiger partial charge on any atom is 0.147 e. The Morgan fingerprint density at radius 2 is 2.19 bits per heavy atom. The third-order valence-corrected chi connectivity index (χ3v) is 3.71. The van der Waals surface area contributed by atoms with Crippen LogP contribution >= 0.6 is 0 Å². The Labute approximate surface area is 94.9 Å². The third kappa shape index (κ3) is 1.74. The van der Waals surface area contributed by atoms with Crippen molar-refractivity contribution in [2.45, 2.75) is 50.7 Å². The zero-order valence-electron chi connectivity index (χ0n) is 9.45. The molecule has 0 saturated heterocycles. The van der Waals surface area contributed by atoms with Crippen molar-refractivity contribution < 1.29 is 5.11 Å². The predicted molar refractivity (Wildman–Crippen MR) is 58.9 cm³/mol. The second kappa shape index (κ2) is 3.82. The van der Waals surface area contributed by atoms with Gasteiger partial charge in [-0.25, -0.2) is 0 Å². The summed E-state index contributed by atoms with van der Waals surface area (Å²) in [5.41, 5.74) is -0.0128. The minimum atomic E-state index is -0.0128. The highest BCUT2D eigenvalue weighted by Crippen LogP contribution is 2.34. The van der Waals surface area contributed by atoms with E-state index in [1.165, 1.54) is 12.8 Å². The summed E-state index contributed by atoms with van der Waals surface area (Å²) in [5.74, 6) is 2.14. The van der Waals surface area contributed by atoms with Gasteiger partial charge >= 0.3 is 0 Å². The number of aliphatic hydroxyl groups is 1. The van der Waals surface area contributed by atoms with Gasteiger partial charge in [0.25, 0.3) is 0 Å². The van der Waals surface area contributed by atoms with Crippen LogP contribution < -0.4 is 5.32 Å². The Hall–Kier alpha value is -0.940. The lowest BCUT2D eigenvalue weighted by Crippen LogP contribution is -2.35. The molecule has 0 aromatic carbocycles. The topological polar surface area (TPSA) is 63.0 Å². The van der Waals surface area contributed by atoms with E-state index in [1.54, 1.807) is 0 Å². The number of aliphatic hydroxyl groups excluding tert-OH is 1. The van der Waals surface area contributed by atoms with Gasteiger partial charge in [-0.05, 0) is 25.7 Å². The lowest BCUT2D eigenvalue weighted by Gasteiger charge is -2.17. The number of hydrogen-bond acceptors (Lipinski definition) is 4. The molecular weight excluding hydrogens is 204 g/mol. The molecule has 1 saturated carbocycles. The molecule has 0 spiro atoms.